The Morgan fingerprint density at radius 2 is 1.87 bits per heavy atom. The van der Waals surface area contributed by atoms with Crippen LogP contribution in [0.1, 0.15) is 19.4 Å². The highest BCUT2D eigenvalue weighted by Gasteiger charge is 2.30. The zero-order chi connectivity index (χ0) is 23.0. The van der Waals surface area contributed by atoms with E-state index < -0.39 is 32.9 Å². The molecule has 3 aromatic rings. The van der Waals surface area contributed by atoms with Crippen LogP contribution in [0.15, 0.2) is 52.5 Å². The number of thioether (sulfide) groups is 1. The second-order valence-corrected chi connectivity index (χ2v) is 9.53. The summed E-state index contributed by atoms with van der Waals surface area (Å²) in [4.78, 5) is 16.9. The van der Waals surface area contributed by atoms with Crippen LogP contribution in [0, 0.1) is 0 Å². The number of imidazole rings is 1. The topological polar surface area (TPSA) is 107 Å². The van der Waals surface area contributed by atoms with Crippen LogP contribution in [-0.2, 0) is 27.5 Å². The van der Waals surface area contributed by atoms with Crippen molar-refractivity contribution in [2.75, 3.05) is 5.32 Å². The highest BCUT2D eigenvalue weighted by Crippen LogP contribution is 2.31. The van der Waals surface area contributed by atoms with Gasteiger partial charge in [-0.3, -0.25) is 4.79 Å². The summed E-state index contributed by atoms with van der Waals surface area (Å²) in [6, 6.07) is 8.53. The average molecular weight is 473 g/mol. The molecule has 0 aliphatic rings. The van der Waals surface area contributed by atoms with Gasteiger partial charge in [-0.2, -0.15) is 13.2 Å². The van der Waals surface area contributed by atoms with Gasteiger partial charge in [0.05, 0.1) is 26.7 Å². The number of carbonyl (C=O) groups is 1. The van der Waals surface area contributed by atoms with Crippen molar-refractivity contribution in [3.05, 3.63) is 48.0 Å². The summed E-state index contributed by atoms with van der Waals surface area (Å²) in [6.07, 6.45) is -4.45. The predicted molar refractivity (Wildman–Crippen MR) is 112 cm³/mol. The molecule has 2 aromatic carbocycles. The Kier molecular flexibility index (Phi) is 6.35. The van der Waals surface area contributed by atoms with Crippen molar-refractivity contribution in [1.82, 2.24) is 9.55 Å². The molecule has 1 aromatic heterocycles. The molecule has 1 unspecified atom stereocenters. The number of rotatable bonds is 6. The van der Waals surface area contributed by atoms with Gasteiger partial charge in [0.1, 0.15) is 0 Å². The van der Waals surface area contributed by atoms with Crippen molar-refractivity contribution in [1.29, 1.82) is 0 Å². The summed E-state index contributed by atoms with van der Waals surface area (Å²) in [5.41, 5.74) is 0.551. The summed E-state index contributed by atoms with van der Waals surface area (Å²) in [6.45, 7) is 4.05. The van der Waals surface area contributed by atoms with E-state index in [1.54, 1.807) is 13.0 Å². The Bertz CT molecular complexity index is 1220. The lowest BCUT2D eigenvalue weighted by Gasteiger charge is -2.13. The van der Waals surface area contributed by atoms with Gasteiger partial charge in [-0.15, -0.1) is 0 Å². The lowest BCUT2D eigenvalue weighted by molar-refractivity contribution is -0.137. The van der Waals surface area contributed by atoms with E-state index in [-0.39, 0.29) is 10.6 Å². The van der Waals surface area contributed by atoms with Gasteiger partial charge in [0, 0.05) is 12.2 Å². The number of carbonyl (C=O) groups excluding carboxylic acids is 1. The molecule has 1 heterocycles. The Morgan fingerprint density at radius 3 is 2.42 bits per heavy atom. The Labute approximate surface area is 180 Å². The van der Waals surface area contributed by atoms with E-state index in [0.717, 1.165) is 23.9 Å². The van der Waals surface area contributed by atoms with Gasteiger partial charge in [0.15, 0.2) is 5.16 Å². The van der Waals surface area contributed by atoms with Gasteiger partial charge >= 0.3 is 6.18 Å². The third kappa shape index (κ3) is 5.20. The third-order valence-electron chi connectivity index (χ3n) is 4.46. The molecule has 0 saturated heterocycles. The number of fused-ring (bicyclic) bond motifs is 1. The summed E-state index contributed by atoms with van der Waals surface area (Å²) < 4.78 is 63.0. The van der Waals surface area contributed by atoms with E-state index in [1.807, 2.05) is 11.5 Å². The third-order valence-corrected chi connectivity index (χ3v) is 6.46. The highest BCUT2D eigenvalue weighted by molar-refractivity contribution is 8.00. The van der Waals surface area contributed by atoms with Crippen LogP contribution in [0.2, 0.25) is 0 Å². The molecule has 0 aliphatic carbocycles. The number of aryl methyl sites for hydroxylation is 1. The Balaban J connectivity index is 1.78. The van der Waals surface area contributed by atoms with Crippen LogP contribution in [0.5, 0.6) is 0 Å². The molecular weight excluding hydrogens is 453 g/mol. The molecule has 12 heteroatoms. The minimum atomic E-state index is -4.45. The number of amides is 1. The molecule has 3 rings (SSSR count). The standard InChI is InChI=1S/C19H19F3N4O3S2/c1-3-26-16-9-8-14(31(23,28)29)10-15(16)25-18(26)30-11(2)17(27)24-13-6-4-12(5-7-13)19(20,21)22/h4-11H,3H2,1-2H3,(H,24,27)(H2,23,28,29). The van der Waals surface area contributed by atoms with E-state index in [2.05, 4.69) is 10.3 Å². The zero-order valence-corrected chi connectivity index (χ0v) is 18.1. The Morgan fingerprint density at radius 1 is 1.23 bits per heavy atom. The summed E-state index contributed by atoms with van der Waals surface area (Å²) in [7, 11) is -3.88. The maximum Gasteiger partial charge on any atom is 0.416 e. The zero-order valence-electron chi connectivity index (χ0n) is 16.5. The summed E-state index contributed by atoms with van der Waals surface area (Å²) in [5, 5.41) is 7.63. The molecule has 0 saturated carbocycles. The fraction of sp³-hybridized carbons (Fsp3) is 0.263. The lowest BCUT2D eigenvalue weighted by Crippen LogP contribution is -2.23. The molecule has 1 atom stereocenters. The quantitative estimate of drug-likeness (QED) is 0.530. The van der Waals surface area contributed by atoms with E-state index in [4.69, 9.17) is 5.14 Å². The van der Waals surface area contributed by atoms with Crippen molar-refractivity contribution in [2.45, 2.75) is 41.9 Å². The van der Waals surface area contributed by atoms with Crippen LogP contribution in [0.4, 0.5) is 18.9 Å². The van der Waals surface area contributed by atoms with E-state index in [0.29, 0.717) is 22.7 Å². The number of aromatic nitrogens is 2. The number of nitrogens with one attached hydrogen (secondary N) is 1. The number of hydrogen-bond acceptors (Lipinski definition) is 5. The highest BCUT2D eigenvalue weighted by atomic mass is 32.2. The first-order chi connectivity index (χ1) is 14.4. The first-order valence-electron chi connectivity index (χ1n) is 9.08. The number of primary sulfonamides is 1. The molecule has 0 aliphatic heterocycles. The largest absolute Gasteiger partial charge is 0.416 e. The summed E-state index contributed by atoms with van der Waals surface area (Å²) in [5.74, 6) is -0.412. The monoisotopic (exact) mass is 472 g/mol. The van der Waals surface area contributed by atoms with Gasteiger partial charge in [0.25, 0.3) is 0 Å². The number of nitrogens with zero attached hydrogens (tertiary/aromatic N) is 2. The van der Waals surface area contributed by atoms with Crippen LogP contribution in [-0.4, -0.2) is 29.1 Å². The maximum absolute atomic E-state index is 12.7. The van der Waals surface area contributed by atoms with Crippen LogP contribution in [0.25, 0.3) is 11.0 Å². The van der Waals surface area contributed by atoms with Gasteiger partial charge in [-0.25, -0.2) is 18.5 Å². The second-order valence-electron chi connectivity index (χ2n) is 6.66. The minimum absolute atomic E-state index is 0.0644. The van der Waals surface area contributed by atoms with Crippen LogP contribution < -0.4 is 10.5 Å². The van der Waals surface area contributed by atoms with Crippen molar-refractivity contribution < 1.29 is 26.4 Å². The van der Waals surface area contributed by atoms with E-state index >= 15 is 0 Å². The molecule has 7 nitrogen and oxygen atoms in total. The average Bonchev–Trinajstić information content (AvgIpc) is 3.03. The molecule has 0 fully saturated rings. The number of hydrogen-bond donors (Lipinski definition) is 2. The molecule has 0 bridgehead atoms. The smallest absolute Gasteiger partial charge is 0.325 e. The van der Waals surface area contributed by atoms with Gasteiger partial charge in [-0.05, 0) is 56.3 Å². The number of benzene rings is 2. The fourth-order valence-corrected chi connectivity index (χ4v) is 4.38. The van der Waals surface area contributed by atoms with Crippen molar-refractivity contribution in [3.63, 3.8) is 0 Å². The second kappa shape index (κ2) is 8.52. The van der Waals surface area contributed by atoms with Gasteiger partial charge < -0.3 is 9.88 Å². The first kappa shape index (κ1) is 23.1. The van der Waals surface area contributed by atoms with Gasteiger partial charge in [0.2, 0.25) is 15.9 Å². The van der Waals surface area contributed by atoms with E-state index in [1.165, 1.54) is 24.3 Å². The lowest BCUT2D eigenvalue weighted by atomic mass is 10.2. The fourth-order valence-electron chi connectivity index (χ4n) is 2.86. The maximum atomic E-state index is 12.7. The molecule has 3 N–H and O–H groups in total. The molecular formula is C19H19F3N4O3S2. The SMILES string of the molecule is CCn1c(SC(C)C(=O)Nc2ccc(C(F)(F)F)cc2)nc2cc(S(N)(=O)=O)ccc21. The predicted octanol–water partition coefficient (Wildman–Crippen LogP) is 3.84. The van der Waals surface area contributed by atoms with Gasteiger partial charge in [-0.1, -0.05) is 11.8 Å². The van der Waals surface area contributed by atoms with Crippen molar-refractivity contribution in [2.24, 2.45) is 5.14 Å². The summed E-state index contributed by atoms with van der Waals surface area (Å²) >= 11 is 1.15. The molecule has 0 spiro atoms. The molecule has 1 amide bonds. The first-order valence-corrected chi connectivity index (χ1v) is 11.5. The van der Waals surface area contributed by atoms with Crippen molar-refractivity contribution >= 4 is 44.4 Å². The Hall–Kier alpha value is -2.57. The minimum Gasteiger partial charge on any atom is -0.325 e. The van der Waals surface area contributed by atoms with Crippen LogP contribution in [0.3, 0.4) is 0 Å². The molecule has 31 heavy (non-hydrogen) atoms. The number of nitrogens with two attached hydrogens (primary N) is 1. The number of alkyl halides is 3. The number of sulfonamides is 1. The van der Waals surface area contributed by atoms with E-state index in [9.17, 15) is 26.4 Å². The molecule has 0 radical (unpaired) electrons. The number of halogens is 3. The van der Waals surface area contributed by atoms with Crippen LogP contribution >= 0.6 is 11.8 Å². The normalized spacial score (nSPS) is 13.4. The number of anilines is 1. The van der Waals surface area contributed by atoms with Crippen molar-refractivity contribution in [3.8, 4) is 0 Å². The molecule has 166 valence electrons.